The Morgan fingerprint density at radius 2 is 1.67 bits per heavy atom. The number of nitrogens with one attached hydrogen (secondary N) is 2. The fourth-order valence-corrected chi connectivity index (χ4v) is 6.03. The van der Waals surface area contributed by atoms with Gasteiger partial charge in [0.15, 0.2) is 12.3 Å². The highest BCUT2D eigenvalue weighted by molar-refractivity contribution is 5.96. The number of carbonyl (C=O) groups is 5. The summed E-state index contributed by atoms with van der Waals surface area (Å²) in [7, 11) is 0. The Kier molecular flexibility index (Phi) is 11.9. The molecule has 2 aliphatic heterocycles. The summed E-state index contributed by atoms with van der Waals surface area (Å²) in [6.07, 6.45) is 6.09. The first-order valence-electron chi connectivity index (χ1n) is 17.2. The maximum absolute atomic E-state index is 13.4. The van der Waals surface area contributed by atoms with Crippen molar-refractivity contribution in [3.8, 4) is 11.6 Å². The van der Waals surface area contributed by atoms with Crippen LogP contribution in [-0.4, -0.2) is 118 Å². The zero-order valence-electron chi connectivity index (χ0n) is 27.9. The van der Waals surface area contributed by atoms with Gasteiger partial charge in [-0.2, -0.15) is 5.10 Å². The minimum Gasteiger partial charge on any atom is -0.467 e. The van der Waals surface area contributed by atoms with Crippen LogP contribution < -0.4 is 15.4 Å². The molecule has 1 saturated carbocycles. The van der Waals surface area contributed by atoms with Crippen molar-refractivity contribution in [1.82, 2.24) is 35.1 Å². The number of carbonyl (C=O) groups excluding carboxylic acids is 5. The molecule has 1 aromatic carbocycles. The van der Waals surface area contributed by atoms with Crippen LogP contribution in [0, 0.1) is 0 Å². The van der Waals surface area contributed by atoms with E-state index < -0.39 is 18.0 Å². The molecular formula is C34H47N7O7. The number of likely N-dealkylation sites (tertiary alicyclic amines) is 1. The summed E-state index contributed by atoms with van der Waals surface area (Å²) in [6.45, 7) is 5.73. The van der Waals surface area contributed by atoms with Crippen LogP contribution in [0.3, 0.4) is 0 Å². The van der Waals surface area contributed by atoms with Crippen LogP contribution in [0.2, 0.25) is 0 Å². The lowest BCUT2D eigenvalue weighted by Gasteiger charge is -2.35. The maximum Gasteiger partial charge on any atom is 0.409 e. The molecule has 3 heterocycles. The number of rotatable bonds is 13. The minimum absolute atomic E-state index is 0.0196. The molecular weight excluding hydrogens is 618 g/mol. The van der Waals surface area contributed by atoms with Gasteiger partial charge < -0.3 is 34.8 Å². The predicted molar refractivity (Wildman–Crippen MR) is 176 cm³/mol. The van der Waals surface area contributed by atoms with Gasteiger partial charge in [0.1, 0.15) is 12.1 Å². The average molecular weight is 666 g/mol. The number of ether oxygens (including phenoxy) is 2. The smallest absolute Gasteiger partial charge is 0.409 e. The molecule has 0 unspecified atom stereocenters. The molecule has 2 aromatic rings. The van der Waals surface area contributed by atoms with E-state index in [2.05, 4.69) is 15.7 Å². The van der Waals surface area contributed by atoms with Crippen LogP contribution in [-0.2, 0) is 19.1 Å². The Hall–Kier alpha value is -4.62. The molecule has 2 saturated heterocycles. The van der Waals surface area contributed by atoms with Crippen molar-refractivity contribution in [1.29, 1.82) is 0 Å². The van der Waals surface area contributed by atoms with Crippen molar-refractivity contribution >= 4 is 29.7 Å². The number of unbranched alkanes of at least 4 members (excludes halogenated alkanes) is 1. The molecule has 3 aliphatic rings. The van der Waals surface area contributed by atoms with E-state index in [1.165, 1.54) is 10.7 Å². The Morgan fingerprint density at radius 1 is 0.938 bits per heavy atom. The third-order valence-corrected chi connectivity index (χ3v) is 9.17. The number of hydrogen-bond acceptors (Lipinski definition) is 8. The maximum atomic E-state index is 13.4. The highest BCUT2D eigenvalue weighted by Gasteiger charge is 2.36. The lowest BCUT2D eigenvalue weighted by Crippen LogP contribution is -2.55. The molecule has 2 N–H and O–H groups in total. The summed E-state index contributed by atoms with van der Waals surface area (Å²) in [5.74, 6) is -1.07. The SMILES string of the molecule is CCCCOC(=O)N1CCN(C(=O)[C@H](CC)NC(=O)c2cc(OCC(=O)N3CCC[C@H]3C(=O)NC3CCC3)n(-c3ccccc3)n2)CC1. The Bertz CT molecular complexity index is 1440. The summed E-state index contributed by atoms with van der Waals surface area (Å²) >= 11 is 0. The van der Waals surface area contributed by atoms with E-state index in [9.17, 15) is 24.0 Å². The van der Waals surface area contributed by atoms with Crippen LogP contribution in [0.25, 0.3) is 5.69 Å². The zero-order valence-corrected chi connectivity index (χ0v) is 27.9. The molecule has 2 atom stereocenters. The van der Waals surface area contributed by atoms with Crippen molar-refractivity contribution in [2.45, 2.75) is 83.3 Å². The molecule has 5 amide bonds. The third kappa shape index (κ3) is 8.45. The number of piperazine rings is 1. The summed E-state index contributed by atoms with van der Waals surface area (Å²) in [5, 5.41) is 10.3. The summed E-state index contributed by atoms with van der Waals surface area (Å²) in [6, 6.07) is 9.38. The summed E-state index contributed by atoms with van der Waals surface area (Å²) < 4.78 is 12.7. The lowest BCUT2D eigenvalue weighted by molar-refractivity contribution is -0.140. The van der Waals surface area contributed by atoms with Crippen LogP contribution >= 0.6 is 0 Å². The molecule has 260 valence electrons. The molecule has 1 aliphatic carbocycles. The van der Waals surface area contributed by atoms with E-state index in [4.69, 9.17) is 9.47 Å². The fourth-order valence-electron chi connectivity index (χ4n) is 6.03. The van der Waals surface area contributed by atoms with Crippen molar-refractivity contribution in [3.05, 3.63) is 42.1 Å². The van der Waals surface area contributed by atoms with E-state index in [-0.39, 0.29) is 48.0 Å². The number of amides is 5. The third-order valence-electron chi connectivity index (χ3n) is 9.17. The standard InChI is InChI=1S/C34H47N7O7/c1-3-5-21-47-34(46)39-19-17-38(18-20-39)33(45)26(4-2)36-31(43)27-22-30(41(37-27)25-13-7-6-8-14-25)48-23-29(42)40-16-10-15-28(40)32(44)35-24-11-9-12-24/h6-8,13-14,22,24,26,28H,3-5,9-12,15-21,23H2,1-2H3,(H,35,44)(H,36,43)/t26-,28-/m0/s1. The Balaban J connectivity index is 1.21. The van der Waals surface area contributed by atoms with Gasteiger partial charge in [-0.05, 0) is 57.1 Å². The van der Waals surface area contributed by atoms with Gasteiger partial charge in [0.25, 0.3) is 11.8 Å². The topological polar surface area (TPSA) is 155 Å². The van der Waals surface area contributed by atoms with Crippen molar-refractivity contribution < 1.29 is 33.4 Å². The monoisotopic (exact) mass is 665 g/mol. The van der Waals surface area contributed by atoms with Crippen LogP contribution in [0.5, 0.6) is 5.88 Å². The normalized spacial score (nSPS) is 18.5. The van der Waals surface area contributed by atoms with E-state index in [1.807, 2.05) is 32.0 Å². The van der Waals surface area contributed by atoms with Gasteiger partial charge >= 0.3 is 6.09 Å². The quantitative estimate of drug-likeness (QED) is 0.310. The highest BCUT2D eigenvalue weighted by atomic mass is 16.6. The number of hydrogen-bond donors (Lipinski definition) is 2. The molecule has 48 heavy (non-hydrogen) atoms. The van der Waals surface area contributed by atoms with Gasteiger partial charge in [0, 0.05) is 44.8 Å². The van der Waals surface area contributed by atoms with Gasteiger partial charge in [0.05, 0.1) is 12.3 Å². The molecule has 14 nitrogen and oxygen atoms in total. The van der Waals surface area contributed by atoms with E-state index in [1.54, 1.807) is 26.8 Å². The average Bonchev–Trinajstić information content (AvgIpc) is 3.76. The fraction of sp³-hybridized carbons (Fsp3) is 0.588. The number of benzene rings is 1. The lowest BCUT2D eigenvalue weighted by atomic mass is 9.93. The summed E-state index contributed by atoms with van der Waals surface area (Å²) in [5.41, 5.74) is 0.637. The van der Waals surface area contributed by atoms with Gasteiger partial charge in [-0.15, -0.1) is 0 Å². The second kappa shape index (κ2) is 16.5. The largest absolute Gasteiger partial charge is 0.467 e. The molecule has 3 fully saturated rings. The second-order valence-electron chi connectivity index (χ2n) is 12.5. The van der Waals surface area contributed by atoms with E-state index in [0.29, 0.717) is 57.9 Å². The number of para-hydroxylation sites is 1. The highest BCUT2D eigenvalue weighted by Crippen LogP contribution is 2.24. The summed E-state index contributed by atoms with van der Waals surface area (Å²) in [4.78, 5) is 70.0. The first-order chi connectivity index (χ1) is 23.3. The first-order valence-corrected chi connectivity index (χ1v) is 17.2. The number of nitrogens with zero attached hydrogens (tertiary/aromatic N) is 5. The van der Waals surface area contributed by atoms with Gasteiger partial charge in [-0.3, -0.25) is 19.2 Å². The van der Waals surface area contributed by atoms with Crippen LogP contribution in [0.1, 0.15) is 75.7 Å². The molecule has 14 heteroatoms. The van der Waals surface area contributed by atoms with E-state index in [0.717, 1.165) is 38.5 Å². The van der Waals surface area contributed by atoms with Gasteiger partial charge in [-0.25, -0.2) is 9.48 Å². The second-order valence-corrected chi connectivity index (χ2v) is 12.5. The molecule has 0 spiro atoms. The van der Waals surface area contributed by atoms with E-state index >= 15 is 0 Å². The molecule has 1 aromatic heterocycles. The minimum atomic E-state index is -0.799. The molecule has 0 bridgehead atoms. The van der Waals surface area contributed by atoms with Crippen LogP contribution in [0.15, 0.2) is 36.4 Å². The van der Waals surface area contributed by atoms with Crippen LogP contribution in [0.4, 0.5) is 4.79 Å². The van der Waals surface area contributed by atoms with Gasteiger partial charge in [0.2, 0.25) is 17.7 Å². The Morgan fingerprint density at radius 3 is 2.33 bits per heavy atom. The van der Waals surface area contributed by atoms with Crippen molar-refractivity contribution in [2.75, 3.05) is 45.9 Å². The Labute approximate surface area is 281 Å². The predicted octanol–water partition coefficient (Wildman–Crippen LogP) is 2.50. The van der Waals surface area contributed by atoms with Crippen molar-refractivity contribution in [2.24, 2.45) is 0 Å². The zero-order chi connectivity index (χ0) is 34.0. The molecule has 5 rings (SSSR count). The number of aromatic nitrogens is 2. The molecule has 0 radical (unpaired) electrons. The van der Waals surface area contributed by atoms with Crippen molar-refractivity contribution in [3.63, 3.8) is 0 Å². The van der Waals surface area contributed by atoms with Gasteiger partial charge in [-0.1, -0.05) is 38.5 Å². The first kappa shape index (κ1) is 34.7.